The zero-order chi connectivity index (χ0) is 11.7. The summed E-state index contributed by atoms with van der Waals surface area (Å²) in [4.78, 5) is 18.4. The Hall–Kier alpha value is -1.64. The molecule has 0 fully saturated rings. The van der Waals surface area contributed by atoms with Crippen LogP contribution in [0.4, 0.5) is 11.4 Å². The van der Waals surface area contributed by atoms with Crippen molar-refractivity contribution in [3.63, 3.8) is 0 Å². The number of carbonyl (C=O) groups is 1. The van der Waals surface area contributed by atoms with Crippen molar-refractivity contribution in [2.75, 3.05) is 4.90 Å². The summed E-state index contributed by atoms with van der Waals surface area (Å²) in [5.74, 6) is 0.126. The predicted octanol–water partition coefficient (Wildman–Crippen LogP) is 2.92. The molecular weight excluding hydrogens is 200 g/mol. The van der Waals surface area contributed by atoms with Crippen molar-refractivity contribution in [1.29, 1.82) is 0 Å². The first kappa shape index (κ1) is 10.9. The molecule has 3 heteroatoms. The van der Waals surface area contributed by atoms with Gasteiger partial charge in [-0.15, -0.1) is 0 Å². The maximum absolute atomic E-state index is 12.1. The molecule has 0 spiro atoms. The van der Waals surface area contributed by atoms with E-state index in [2.05, 4.69) is 4.99 Å². The quantitative estimate of drug-likeness (QED) is 0.710. The third-order valence-corrected chi connectivity index (χ3v) is 2.64. The van der Waals surface area contributed by atoms with Gasteiger partial charge in [-0.3, -0.25) is 9.79 Å². The van der Waals surface area contributed by atoms with Gasteiger partial charge < -0.3 is 4.90 Å². The monoisotopic (exact) mass is 216 g/mol. The average Bonchev–Trinajstić information content (AvgIpc) is 2.31. The van der Waals surface area contributed by atoms with Gasteiger partial charge in [0, 0.05) is 11.8 Å². The summed E-state index contributed by atoms with van der Waals surface area (Å²) in [6.07, 6.45) is 0.410. The van der Waals surface area contributed by atoms with Crippen LogP contribution >= 0.6 is 0 Å². The van der Waals surface area contributed by atoms with Gasteiger partial charge in [0.2, 0.25) is 5.91 Å². The summed E-state index contributed by atoms with van der Waals surface area (Å²) in [6, 6.07) is 7.96. The molecule has 0 N–H and O–H groups in total. The Labute approximate surface area is 95.8 Å². The third-order valence-electron chi connectivity index (χ3n) is 2.64. The molecule has 1 aliphatic rings. The number of anilines is 1. The number of hydrogen-bond acceptors (Lipinski definition) is 2. The van der Waals surface area contributed by atoms with E-state index in [1.807, 2.05) is 49.9 Å². The first-order valence-electron chi connectivity index (χ1n) is 5.55. The number of hydrogen-bond donors (Lipinski definition) is 0. The number of para-hydroxylation sites is 2. The van der Waals surface area contributed by atoms with E-state index in [-0.39, 0.29) is 11.9 Å². The van der Waals surface area contributed by atoms with Gasteiger partial charge in [0.25, 0.3) is 0 Å². The highest BCUT2D eigenvalue weighted by Gasteiger charge is 2.24. The molecule has 0 aliphatic carbocycles. The van der Waals surface area contributed by atoms with E-state index in [1.165, 1.54) is 0 Å². The Morgan fingerprint density at radius 3 is 2.69 bits per heavy atom. The molecule has 1 aliphatic heterocycles. The molecule has 0 radical (unpaired) electrons. The van der Waals surface area contributed by atoms with Gasteiger partial charge in [0.15, 0.2) is 0 Å². The van der Waals surface area contributed by atoms with E-state index in [4.69, 9.17) is 0 Å². The van der Waals surface area contributed by atoms with Crippen molar-refractivity contribution in [2.45, 2.75) is 33.2 Å². The van der Waals surface area contributed by atoms with E-state index in [9.17, 15) is 4.79 Å². The van der Waals surface area contributed by atoms with Crippen LogP contribution in [0.3, 0.4) is 0 Å². The van der Waals surface area contributed by atoms with Gasteiger partial charge in [0.1, 0.15) is 0 Å². The average molecular weight is 216 g/mol. The molecule has 16 heavy (non-hydrogen) atoms. The molecule has 0 saturated carbocycles. The fraction of sp³-hybridized carbons (Fsp3) is 0.385. The Balaban J connectivity index is 2.57. The van der Waals surface area contributed by atoms with Crippen molar-refractivity contribution in [3.05, 3.63) is 24.3 Å². The van der Waals surface area contributed by atoms with Crippen LogP contribution in [0.2, 0.25) is 0 Å². The van der Waals surface area contributed by atoms with Gasteiger partial charge in [-0.05, 0) is 32.9 Å². The van der Waals surface area contributed by atoms with E-state index < -0.39 is 0 Å². The van der Waals surface area contributed by atoms with Crippen LogP contribution in [-0.2, 0) is 4.79 Å². The summed E-state index contributed by atoms with van der Waals surface area (Å²) in [5, 5.41) is 0. The van der Waals surface area contributed by atoms with Crippen LogP contribution in [0.1, 0.15) is 27.2 Å². The Kier molecular flexibility index (Phi) is 2.77. The van der Waals surface area contributed by atoms with Crippen molar-refractivity contribution >= 4 is 23.0 Å². The minimum Gasteiger partial charge on any atom is -0.307 e. The first-order chi connectivity index (χ1) is 7.59. The van der Waals surface area contributed by atoms with E-state index in [1.54, 1.807) is 0 Å². The fourth-order valence-corrected chi connectivity index (χ4v) is 2.01. The topological polar surface area (TPSA) is 32.7 Å². The number of aliphatic imine (C=N–C) groups is 1. The van der Waals surface area contributed by atoms with Crippen LogP contribution in [0.5, 0.6) is 0 Å². The van der Waals surface area contributed by atoms with Crippen molar-refractivity contribution in [2.24, 2.45) is 4.99 Å². The van der Waals surface area contributed by atoms with Crippen molar-refractivity contribution < 1.29 is 4.79 Å². The molecule has 1 amide bonds. The van der Waals surface area contributed by atoms with Gasteiger partial charge in [0.05, 0.1) is 17.8 Å². The first-order valence-corrected chi connectivity index (χ1v) is 5.55. The lowest BCUT2D eigenvalue weighted by molar-refractivity contribution is -0.117. The molecule has 1 aromatic rings. The normalized spacial score (nSPS) is 15.9. The van der Waals surface area contributed by atoms with Crippen LogP contribution in [0.25, 0.3) is 0 Å². The lowest BCUT2D eigenvalue weighted by Crippen LogP contribution is -2.37. The Bertz CT molecular complexity index is 449. The van der Waals surface area contributed by atoms with E-state index in [0.29, 0.717) is 6.42 Å². The lowest BCUT2D eigenvalue weighted by atomic mass is 10.2. The second-order valence-electron chi connectivity index (χ2n) is 4.37. The van der Waals surface area contributed by atoms with E-state index >= 15 is 0 Å². The van der Waals surface area contributed by atoms with Crippen LogP contribution < -0.4 is 4.90 Å². The summed E-state index contributed by atoms with van der Waals surface area (Å²) >= 11 is 0. The second kappa shape index (κ2) is 4.08. The minimum atomic E-state index is 0.126. The summed E-state index contributed by atoms with van der Waals surface area (Å²) < 4.78 is 0. The molecule has 0 atom stereocenters. The number of benzene rings is 1. The van der Waals surface area contributed by atoms with Gasteiger partial charge >= 0.3 is 0 Å². The van der Waals surface area contributed by atoms with Crippen LogP contribution in [-0.4, -0.2) is 17.7 Å². The molecule has 0 saturated heterocycles. The molecule has 3 nitrogen and oxygen atoms in total. The van der Waals surface area contributed by atoms with Crippen LogP contribution in [0, 0.1) is 0 Å². The zero-order valence-electron chi connectivity index (χ0n) is 9.90. The maximum Gasteiger partial charge on any atom is 0.232 e. The lowest BCUT2D eigenvalue weighted by Gasteiger charge is -2.26. The van der Waals surface area contributed by atoms with Gasteiger partial charge in [-0.25, -0.2) is 0 Å². The molecule has 84 valence electrons. The van der Waals surface area contributed by atoms with Crippen molar-refractivity contribution in [3.8, 4) is 0 Å². The van der Waals surface area contributed by atoms with Gasteiger partial charge in [-0.2, -0.15) is 0 Å². The largest absolute Gasteiger partial charge is 0.307 e. The number of rotatable bonds is 1. The molecule has 1 aromatic carbocycles. The number of fused-ring (bicyclic) bond motifs is 1. The van der Waals surface area contributed by atoms with E-state index in [0.717, 1.165) is 17.1 Å². The highest BCUT2D eigenvalue weighted by atomic mass is 16.2. The Morgan fingerprint density at radius 1 is 1.31 bits per heavy atom. The second-order valence-corrected chi connectivity index (χ2v) is 4.37. The molecule has 1 heterocycles. The zero-order valence-corrected chi connectivity index (χ0v) is 9.90. The molecule has 0 unspecified atom stereocenters. The number of carbonyl (C=O) groups excluding carboxylic acids is 1. The highest BCUT2D eigenvalue weighted by molar-refractivity contribution is 6.11. The number of amides is 1. The minimum absolute atomic E-state index is 0.126. The molecular formula is C13H16N2O. The van der Waals surface area contributed by atoms with Crippen molar-refractivity contribution in [1.82, 2.24) is 0 Å². The predicted molar refractivity (Wildman–Crippen MR) is 66.5 cm³/mol. The standard InChI is InChI=1S/C13H16N2O/c1-9(2)15-12-7-5-4-6-11(12)14-10(3)8-13(15)16/h4-7,9H,8H2,1-3H3. The highest BCUT2D eigenvalue weighted by Crippen LogP contribution is 2.32. The molecule has 0 bridgehead atoms. The van der Waals surface area contributed by atoms with Crippen LogP contribution in [0.15, 0.2) is 29.3 Å². The smallest absolute Gasteiger partial charge is 0.232 e. The fourth-order valence-electron chi connectivity index (χ4n) is 2.01. The summed E-state index contributed by atoms with van der Waals surface area (Å²) in [6.45, 7) is 5.95. The maximum atomic E-state index is 12.1. The third kappa shape index (κ3) is 1.85. The SMILES string of the molecule is CC1=Nc2ccccc2N(C(C)C)C(=O)C1. The van der Waals surface area contributed by atoms with Gasteiger partial charge in [-0.1, -0.05) is 12.1 Å². The summed E-state index contributed by atoms with van der Waals surface area (Å²) in [5.41, 5.74) is 2.68. The Morgan fingerprint density at radius 2 is 2.00 bits per heavy atom. The molecule has 2 rings (SSSR count). The summed E-state index contributed by atoms with van der Waals surface area (Å²) in [7, 11) is 0. The number of nitrogens with zero attached hydrogens (tertiary/aromatic N) is 2. The molecule has 0 aromatic heterocycles.